The molecule has 0 spiro atoms. The van der Waals surface area contributed by atoms with Crippen LogP contribution in [0.5, 0.6) is 23.0 Å². The van der Waals surface area contributed by atoms with Crippen molar-refractivity contribution in [2.75, 3.05) is 28.4 Å². The second kappa shape index (κ2) is 8.10. The first-order chi connectivity index (χ1) is 11.6. The van der Waals surface area contributed by atoms with Crippen molar-refractivity contribution in [3.63, 3.8) is 0 Å². The van der Waals surface area contributed by atoms with Gasteiger partial charge in [-0.15, -0.1) is 0 Å². The van der Waals surface area contributed by atoms with Crippen molar-refractivity contribution >= 4 is 5.91 Å². The molecule has 0 saturated carbocycles. The third kappa shape index (κ3) is 3.90. The molecule has 0 unspecified atom stereocenters. The van der Waals surface area contributed by atoms with Crippen LogP contribution >= 0.6 is 0 Å². The molecule has 2 aromatic carbocycles. The number of methoxy groups -OCH3 is 4. The van der Waals surface area contributed by atoms with Crippen molar-refractivity contribution in [1.82, 2.24) is 5.32 Å². The Hall–Kier alpha value is -2.89. The van der Waals surface area contributed by atoms with E-state index in [1.54, 1.807) is 45.6 Å². The topological polar surface area (TPSA) is 66.0 Å². The van der Waals surface area contributed by atoms with Crippen molar-refractivity contribution < 1.29 is 23.7 Å². The number of amides is 1. The molecular weight excluding hydrogens is 310 g/mol. The highest BCUT2D eigenvalue weighted by molar-refractivity contribution is 5.97. The van der Waals surface area contributed by atoms with E-state index in [9.17, 15) is 4.79 Å². The van der Waals surface area contributed by atoms with E-state index in [2.05, 4.69) is 5.32 Å². The first kappa shape index (κ1) is 17.5. The molecule has 0 aromatic heterocycles. The maximum atomic E-state index is 12.4. The van der Waals surface area contributed by atoms with Gasteiger partial charge >= 0.3 is 0 Å². The third-order valence-electron chi connectivity index (χ3n) is 3.55. The minimum absolute atomic E-state index is 0.232. The zero-order valence-corrected chi connectivity index (χ0v) is 14.2. The maximum absolute atomic E-state index is 12.4. The number of ether oxygens (including phenoxy) is 4. The first-order valence-electron chi connectivity index (χ1n) is 7.34. The predicted octanol–water partition coefficient (Wildman–Crippen LogP) is 2.65. The molecule has 6 nitrogen and oxygen atoms in total. The average Bonchev–Trinajstić information content (AvgIpc) is 2.65. The van der Waals surface area contributed by atoms with Crippen LogP contribution in [0.1, 0.15) is 15.9 Å². The van der Waals surface area contributed by atoms with Crippen molar-refractivity contribution in [1.29, 1.82) is 0 Å². The molecule has 24 heavy (non-hydrogen) atoms. The Kier molecular flexibility index (Phi) is 5.89. The summed E-state index contributed by atoms with van der Waals surface area (Å²) in [5.74, 6) is 2.11. The molecule has 0 bridgehead atoms. The summed E-state index contributed by atoms with van der Waals surface area (Å²) < 4.78 is 20.8. The normalized spacial score (nSPS) is 10.0. The summed E-state index contributed by atoms with van der Waals surface area (Å²) in [5.41, 5.74) is 1.34. The quantitative estimate of drug-likeness (QED) is 0.845. The number of benzene rings is 2. The predicted molar refractivity (Wildman–Crippen MR) is 90.3 cm³/mol. The molecule has 0 aliphatic heterocycles. The van der Waals surface area contributed by atoms with Gasteiger partial charge in [-0.25, -0.2) is 0 Å². The lowest BCUT2D eigenvalue weighted by atomic mass is 10.1. The van der Waals surface area contributed by atoms with Crippen LogP contribution in [-0.2, 0) is 6.54 Å². The number of carbonyl (C=O) groups is 1. The highest BCUT2D eigenvalue weighted by atomic mass is 16.5. The Morgan fingerprint density at radius 2 is 1.54 bits per heavy atom. The molecule has 0 aliphatic carbocycles. The maximum Gasteiger partial charge on any atom is 0.255 e. The van der Waals surface area contributed by atoms with Crippen LogP contribution in [0.15, 0.2) is 36.4 Å². The molecule has 0 atom stereocenters. The zero-order chi connectivity index (χ0) is 17.5. The number of carbonyl (C=O) groups excluding carboxylic acids is 1. The number of rotatable bonds is 7. The van der Waals surface area contributed by atoms with E-state index in [4.69, 9.17) is 18.9 Å². The molecule has 2 rings (SSSR count). The number of nitrogens with one attached hydrogen (secondary N) is 1. The van der Waals surface area contributed by atoms with E-state index < -0.39 is 0 Å². The van der Waals surface area contributed by atoms with Crippen LogP contribution in [0.25, 0.3) is 0 Å². The van der Waals surface area contributed by atoms with Gasteiger partial charge in [0.15, 0.2) is 11.5 Å². The molecule has 1 amide bonds. The Labute approximate surface area is 141 Å². The summed E-state index contributed by atoms with van der Waals surface area (Å²) in [6.07, 6.45) is 0. The lowest BCUT2D eigenvalue weighted by Gasteiger charge is -2.12. The van der Waals surface area contributed by atoms with E-state index in [0.717, 1.165) is 5.56 Å². The summed E-state index contributed by atoms with van der Waals surface area (Å²) in [6, 6.07) is 10.5. The van der Waals surface area contributed by atoms with Gasteiger partial charge < -0.3 is 24.3 Å². The molecular formula is C18H21NO5. The highest BCUT2D eigenvalue weighted by Crippen LogP contribution is 2.28. The van der Waals surface area contributed by atoms with E-state index in [1.807, 2.05) is 12.1 Å². The Morgan fingerprint density at radius 1 is 0.833 bits per heavy atom. The highest BCUT2D eigenvalue weighted by Gasteiger charge is 2.13. The SMILES string of the molecule is COc1ccc(C(=O)NCc2ccc(OC)c(OC)c2)c(OC)c1. The number of hydrogen-bond acceptors (Lipinski definition) is 5. The van der Waals surface area contributed by atoms with E-state index in [0.29, 0.717) is 35.1 Å². The Bertz CT molecular complexity index is 715. The molecule has 0 radical (unpaired) electrons. The lowest BCUT2D eigenvalue weighted by Crippen LogP contribution is -2.23. The number of hydrogen-bond donors (Lipinski definition) is 1. The van der Waals surface area contributed by atoms with E-state index in [-0.39, 0.29) is 5.91 Å². The van der Waals surface area contributed by atoms with Crippen LogP contribution in [0.4, 0.5) is 0 Å². The van der Waals surface area contributed by atoms with Crippen molar-refractivity contribution in [2.24, 2.45) is 0 Å². The molecule has 6 heteroatoms. The van der Waals surface area contributed by atoms with Gasteiger partial charge in [0.05, 0.1) is 34.0 Å². The van der Waals surface area contributed by atoms with Crippen LogP contribution in [-0.4, -0.2) is 34.3 Å². The van der Waals surface area contributed by atoms with Gasteiger partial charge in [-0.3, -0.25) is 4.79 Å². The second-order valence-electron chi connectivity index (χ2n) is 4.94. The molecule has 1 N–H and O–H groups in total. The fourth-order valence-electron chi connectivity index (χ4n) is 2.25. The second-order valence-corrected chi connectivity index (χ2v) is 4.94. The van der Waals surface area contributed by atoms with Crippen LogP contribution in [0, 0.1) is 0 Å². The summed E-state index contributed by atoms with van der Waals surface area (Å²) in [5, 5.41) is 2.86. The van der Waals surface area contributed by atoms with Gasteiger partial charge in [-0.1, -0.05) is 6.07 Å². The van der Waals surface area contributed by atoms with Crippen LogP contribution in [0.2, 0.25) is 0 Å². The van der Waals surface area contributed by atoms with Gasteiger partial charge in [-0.2, -0.15) is 0 Å². The summed E-state index contributed by atoms with van der Waals surface area (Å²) in [7, 11) is 6.23. The van der Waals surface area contributed by atoms with Crippen molar-refractivity contribution in [3.8, 4) is 23.0 Å². The largest absolute Gasteiger partial charge is 0.497 e. The fourth-order valence-corrected chi connectivity index (χ4v) is 2.25. The minimum atomic E-state index is -0.232. The zero-order valence-electron chi connectivity index (χ0n) is 14.2. The molecule has 0 saturated heterocycles. The Balaban J connectivity index is 2.11. The minimum Gasteiger partial charge on any atom is -0.497 e. The summed E-state index contributed by atoms with van der Waals surface area (Å²) in [4.78, 5) is 12.4. The van der Waals surface area contributed by atoms with Crippen molar-refractivity contribution in [2.45, 2.75) is 6.54 Å². The van der Waals surface area contributed by atoms with Gasteiger partial charge in [0.25, 0.3) is 5.91 Å². The molecule has 128 valence electrons. The van der Waals surface area contributed by atoms with Crippen LogP contribution < -0.4 is 24.3 Å². The Morgan fingerprint density at radius 3 is 2.17 bits per heavy atom. The van der Waals surface area contributed by atoms with Gasteiger partial charge in [0.2, 0.25) is 0 Å². The van der Waals surface area contributed by atoms with Gasteiger partial charge in [0.1, 0.15) is 11.5 Å². The molecule has 0 fully saturated rings. The molecule has 2 aromatic rings. The summed E-state index contributed by atoms with van der Waals surface area (Å²) in [6.45, 7) is 0.356. The standard InChI is InChI=1S/C18H21NO5/c1-21-13-6-7-14(16(10-13)23-3)18(20)19-11-12-5-8-15(22-2)17(9-12)24-4/h5-10H,11H2,1-4H3,(H,19,20). The average molecular weight is 331 g/mol. The van der Waals surface area contributed by atoms with E-state index in [1.165, 1.54) is 7.11 Å². The van der Waals surface area contributed by atoms with Crippen molar-refractivity contribution in [3.05, 3.63) is 47.5 Å². The summed E-state index contributed by atoms with van der Waals surface area (Å²) >= 11 is 0. The van der Waals surface area contributed by atoms with E-state index >= 15 is 0 Å². The van der Waals surface area contributed by atoms with Gasteiger partial charge in [-0.05, 0) is 29.8 Å². The monoisotopic (exact) mass is 331 g/mol. The fraction of sp³-hybridized carbons (Fsp3) is 0.278. The van der Waals surface area contributed by atoms with Gasteiger partial charge in [0, 0.05) is 12.6 Å². The molecule has 0 heterocycles. The lowest BCUT2D eigenvalue weighted by molar-refractivity contribution is 0.0948. The third-order valence-corrected chi connectivity index (χ3v) is 3.55. The molecule has 0 aliphatic rings. The first-order valence-corrected chi connectivity index (χ1v) is 7.34. The van der Waals surface area contributed by atoms with Crippen LogP contribution in [0.3, 0.4) is 0 Å². The smallest absolute Gasteiger partial charge is 0.255 e.